The van der Waals surface area contributed by atoms with Gasteiger partial charge in [0.25, 0.3) is 0 Å². The van der Waals surface area contributed by atoms with Gasteiger partial charge in [0.15, 0.2) is 0 Å². The van der Waals surface area contributed by atoms with Gasteiger partial charge in [-0.15, -0.1) is 0 Å². The molecule has 0 spiro atoms. The molecule has 2 saturated carbocycles. The zero-order valence-electron chi connectivity index (χ0n) is 32.4. The number of piperidine rings is 3. The molecule has 45 heavy (non-hydrogen) atoms. The van der Waals surface area contributed by atoms with Crippen LogP contribution in [0.1, 0.15) is 166 Å². The topological polar surface area (TPSA) is 18.5 Å². The van der Waals surface area contributed by atoms with Crippen molar-refractivity contribution >= 4 is 11.8 Å². The maximum atomic E-state index is 3.69. The average molecular weight is 650 g/mol. The second-order valence-electron chi connectivity index (χ2n) is 17.1. The van der Waals surface area contributed by atoms with Crippen LogP contribution >= 0.6 is 11.8 Å². The molecule has 4 heterocycles. The molecule has 268 valence electrons. The Kier molecular flexibility index (Phi) is 21.7. The SMILES string of the molecule is CC(C)C1CCCCC1.CC(C)C1CCSC1.CC(C)C1NC2CCC1C2.CC(C)N1CCCCC1.CC(C)N1CCCCC1. The van der Waals surface area contributed by atoms with Gasteiger partial charge in [-0.1, -0.05) is 86.5 Å². The zero-order chi connectivity index (χ0) is 33.2. The van der Waals surface area contributed by atoms with Crippen molar-refractivity contribution in [1.29, 1.82) is 0 Å². The second-order valence-corrected chi connectivity index (χ2v) is 18.2. The lowest BCUT2D eigenvalue weighted by atomic mass is 9.82. The van der Waals surface area contributed by atoms with Crippen LogP contribution in [0.5, 0.6) is 0 Å². The van der Waals surface area contributed by atoms with Crippen LogP contribution < -0.4 is 5.32 Å². The van der Waals surface area contributed by atoms with Gasteiger partial charge in [-0.2, -0.15) is 11.8 Å². The van der Waals surface area contributed by atoms with E-state index < -0.39 is 0 Å². The van der Waals surface area contributed by atoms with Crippen molar-refractivity contribution < 1.29 is 0 Å². The van der Waals surface area contributed by atoms with Gasteiger partial charge in [0.2, 0.25) is 0 Å². The molecule has 2 bridgehead atoms. The molecule has 0 aromatic heterocycles. The Labute approximate surface area is 289 Å². The van der Waals surface area contributed by atoms with Gasteiger partial charge in [0.1, 0.15) is 0 Å². The Morgan fingerprint density at radius 2 is 1.00 bits per heavy atom. The van der Waals surface area contributed by atoms with Gasteiger partial charge in [-0.3, -0.25) is 0 Å². The van der Waals surface area contributed by atoms with Gasteiger partial charge >= 0.3 is 0 Å². The molecule has 3 nitrogen and oxygen atoms in total. The number of hydrogen-bond donors (Lipinski definition) is 1. The quantitative estimate of drug-likeness (QED) is 0.319. The summed E-state index contributed by atoms with van der Waals surface area (Å²) in [5.41, 5.74) is 0. The minimum atomic E-state index is 0.769. The van der Waals surface area contributed by atoms with Gasteiger partial charge in [0, 0.05) is 24.2 Å². The maximum Gasteiger partial charge on any atom is 0.0121 e. The molecule has 4 atom stereocenters. The fraction of sp³-hybridized carbons (Fsp3) is 1.00. The van der Waals surface area contributed by atoms with Crippen LogP contribution in [0.2, 0.25) is 0 Å². The van der Waals surface area contributed by atoms with Gasteiger partial charge in [-0.05, 0) is 152 Å². The maximum absolute atomic E-state index is 3.69. The lowest BCUT2D eigenvalue weighted by molar-refractivity contribution is 0.185. The summed E-state index contributed by atoms with van der Waals surface area (Å²) in [5.74, 6) is 8.62. The Hall–Kier alpha value is 0.230. The Morgan fingerprint density at radius 1 is 0.511 bits per heavy atom. The predicted octanol–water partition coefficient (Wildman–Crippen LogP) is 11.2. The number of nitrogens with one attached hydrogen (secondary N) is 1. The minimum Gasteiger partial charge on any atom is -0.311 e. The molecule has 0 aromatic rings. The predicted molar refractivity (Wildman–Crippen MR) is 206 cm³/mol. The fourth-order valence-electron chi connectivity index (χ4n) is 8.39. The first-order valence-corrected chi connectivity index (χ1v) is 21.5. The molecule has 4 unspecified atom stereocenters. The van der Waals surface area contributed by atoms with Crippen molar-refractivity contribution in [3.63, 3.8) is 0 Å². The lowest BCUT2D eigenvalue weighted by Gasteiger charge is -2.29. The molecule has 2 aliphatic carbocycles. The van der Waals surface area contributed by atoms with Crippen LogP contribution in [-0.2, 0) is 0 Å². The number of rotatable bonds is 5. The van der Waals surface area contributed by atoms with Gasteiger partial charge in [-0.25, -0.2) is 0 Å². The molecular formula is C41H83N3S. The molecule has 6 aliphatic rings. The van der Waals surface area contributed by atoms with Crippen LogP contribution in [0.3, 0.4) is 0 Å². The molecule has 4 aliphatic heterocycles. The molecule has 4 heteroatoms. The van der Waals surface area contributed by atoms with E-state index >= 15 is 0 Å². The third kappa shape index (κ3) is 16.9. The van der Waals surface area contributed by atoms with Crippen molar-refractivity contribution in [2.24, 2.45) is 35.5 Å². The van der Waals surface area contributed by atoms with E-state index in [1.807, 2.05) is 0 Å². The third-order valence-corrected chi connectivity index (χ3v) is 13.1. The van der Waals surface area contributed by atoms with Crippen LogP contribution in [0, 0.1) is 35.5 Å². The second kappa shape index (κ2) is 23.6. The minimum absolute atomic E-state index is 0.769. The Morgan fingerprint density at radius 3 is 1.24 bits per heavy atom. The molecular weight excluding hydrogens is 567 g/mol. The smallest absolute Gasteiger partial charge is 0.0121 e. The normalized spacial score (nSPS) is 29.1. The average Bonchev–Trinajstić information content (AvgIpc) is 3.84. The molecule has 0 aromatic carbocycles. The summed E-state index contributed by atoms with van der Waals surface area (Å²) < 4.78 is 0. The van der Waals surface area contributed by atoms with Crippen molar-refractivity contribution in [3.8, 4) is 0 Å². The van der Waals surface area contributed by atoms with E-state index in [0.717, 1.165) is 59.7 Å². The van der Waals surface area contributed by atoms with Crippen LogP contribution in [0.25, 0.3) is 0 Å². The number of thioether (sulfide) groups is 1. The Bertz CT molecular complexity index is 631. The number of nitrogens with zero attached hydrogens (tertiary/aromatic N) is 2. The molecule has 0 radical (unpaired) electrons. The summed E-state index contributed by atoms with van der Waals surface area (Å²) >= 11 is 2.11. The van der Waals surface area contributed by atoms with Gasteiger partial charge < -0.3 is 15.1 Å². The molecule has 6 rings (SSSR count). The highest BCUT2D eigenvalue weighted by atomic mass is 32.2. The van der Waals surface area contributed by atoms with Crippen LogP contribution in [0.15, 0.2) is 0 Å². The standard InChI is InChI=1S/C9H17N.C9H18.2C8H17N.C7H14S/c1-6(2)9-7-3-4-8(5-7)10-9;3*1-8(2)9-6-4-3-5-7-9;1-6(2)7-3-4-8-5-7/h6-10H,3-5H2,1-2H3;8-9H,3-7H2,1-2H3;2*8H,3-7H2,1-2H3;6-7H,3-5H2,1-2H3. The highest BCUT2D eigenvalue weighted by Gasteiger charge is 2.39. The monoisotopic (exact) mass is 650 g/mol. The number of likely N-dealkylation sites (tertiary alicyclic amines) is 2. The fourth-order valence-corrected chi connectivity index (χ4v) is 9.88. The Balaban J connectivity index is 0.000000196. The van der Waals surface area contributed by atoms with E-state index in [4.69, 9.17) is 0 Å². The number of fused-ring (bicyclic) bond motifs is 2. The highest BCUT2D eigenvalue weighted by molar-refractivity contribution is 7.99. The summed E-state index contributed by atoms with van der Waals surface area (Å²) in [6, 6.07) is 3.27. The van der Waals surface area contributed by atoms with Crippen molar-refractivity contribution in [2.45, 2.75) is 190 Å². The number of hydrogen-bond acceptors (Lipinski definition) is 4. The van der Waals surface area contributed by atoms with E-state index in [2.05, 4.69) is 96.1 Å². The summed E-state index contributed by atoms with van der Waals surface area (Å²) in [7, 11) is 0. The summed E-state index contributed by atoms with van der Waals surface area (Å²) in [6.45, 7) is 28.5. The first-order chi connectivity index (χ1) is 21.5. The van der Waals surface area contributed by atoms with Crippen molar-refractivity contribution in [2.75, 3.05) is 37.7 Å². The summed E-state index contributed by atoms with van der Waals surface area (Å²) in [6.07, 6.45) is 21.9. The lowest BCUT2D eigenvalue weighted by Crippen LogP contribution is -2.39. The van der Waals surface area contributed by atoms with E-state index in [1.165, 1.54) is 134 Å². The third-order valence-electron chi connectivity index (χ3n) is 11.9. The zero-order valence-corrected chi connectivity index (χ0v) is 33.2. The summed E-state index contributed by atoms with van der Waals surface area (Å²) in [4.78, 5) is 5.12. The van der Waals surface area contributed by atoms with Crippen LogP contribution in [0.4, 0.5) is 0 Å². The van der Waals surface area contributed by atoms with Gasteiger partial charge in [0.05, 0.1) is 0 Å². The van der Waals surface area contributed by atoms with Crippen molar-refractivity contribution in [1.82, 2.24) is 15.1 Å². The van der Waals surface area contributed by atoms with E-state index in [9.17, 15) is 0 Å². The van der Waals surface area contributed by atoms with E-state index in [1.54, 1.807) is 0 Å². The first kappa shape index (κ1) is 41.4. The first-order valence-electron chi connectivity index (χ1n) is 20.3. The molecule has 1 N–H and O–H groups in total. The van der Waals surface area contributed by atoms with E-state index in [0.29, 0.717) is 0 Å². The van der Waals surface area contributed by atoms with Crippen molar-refractivity contribution in [3.05, 3.63) is 0 Å². The van der Waals surface area contributed by atoms with E-state index in [-0.39, 0.29) is 0 Å². The molecule has 0 amide bonds. The van der Waals surface area contributed by atoms with Crippen LogP contribution in [-0.4, -0.2) is 71.7 Å². The molecule has 6 fully saturated rings. The highest BCUT2D eigenvalue weighted by Crippen LogP contribution is 2.37. The molecule has 4 saturated heterocycles. The largest absolute Gasteiger partial charge is 0.311 e. The summed E-state index contributed by atoms with van der Waals surface area (Å²) in [5, 5.41) is 3.69.